The minimum absolute atomic E-state index is 0.0581. The highest BCUT2D eigenvalue weighted by atomic mass is 32.2. The number of para-hydroxylation sites is 2. The Labute approximate surface area is 156 Å². The number of rotatable bonds is 4. The van der Waals surface area contributed by atoms with E-state index in [9.17, 15) is 17.6 Å². The van der Waals surface area contributed by atoms with Crippen LogP contribution in [0.15, 0.2) is 47.4 Å². The summed E-state index contributed by atoms with van der Waals surface area (Å²) in [6.45, 7) is 0.339. The third-order valence-corrected chi connectivity index (χ3v) is 6.35. The van der Waals surface area contributed by atoms with Crippen molar-refractivity contribution in [2.75, 3.05) is 23.9 Å². The first-order valence-corrected chi connectivity index (χ1v) is 9.90. The van der Waals surface area contributed by atoms with E-state index in [-0.39, 0.29) is 16.6 Å². The van der Waals surface area contributed by atoms with Crippen LogP contribution in [0.25, 0.3) is 0 Å². The van der Waals surface area contributed by atoms with Crippen molar-refractivity contribution < 1.29 is 22.3 Å². The average Bonchev–Trinajstić information content (AvgIpc) is 3.05. The number of nitrogens with zero attached hydrogens (tertiary/aromatic N) is 1. The number of carbonyl (C=O) groups is 1. The number of anilines is 2. The Bertz CT molecular complexity index is 1010. The van der Waals surface area contributed by atoms with Crippen LogP contribution < -0.4 is 19.7 Å². The molecule has 0 bridgehead atoms. The summed E-state index contributed by atoms with van der Waals surface area (Å²) < 4.78 is 46.8. The fourth-order valence-electron chi connectivity index (χ4n) is 3.63. The molecule has 2 aromatic carbocycles. The summed E-state index contributed by atoms with van der Waals surface area (Å²) in [5, 5.41) is 2.84. The van der Waals surface area contributed by atoms with Gasteiger partial charge in [-0.25, -0.2) is 17.5 Å². The van der Waals surface area contributed by atoms with Gasteiger partial charge in [0.15, 0.2) is 0 Å². The Morgan fingerprint density at radius 3 is 2.81 bits per heavy atom. The molecular formula is C18H18FN3O4S. The Morgan fingerprint density at radius 2 is 2.04 bits per heavy atom. The predicted molar refractivity (Wildman–Crippen MR) is 97.9 cm³/mol. The van der Waals surface area contributed by atoms with Crippen molar-refractivity contribution in [3.63, 3.8) is 0 Å². The van der Waals surface area contributed by atoms with Crippen molar-refractivity contribution in [2.24, 2.45) is 0 Å². The molecule has 142 valence electrons. The molecule has 27 heavy (non-hydrogen) atoms. The second-order valence-corrected chi connectivity index (χ2v) is 8.21. The van der Waals surface area contributed by atoms with Gasteiger partial charge < -0.3 is 15.0 Å². The molecule has 2 aromatic rings. The van der Waals surface area contributed by atoms with Gasteiger partial charge in [-0.1, -0.05) is 12.1 Å². The lowest BCUT2D eigenvalue weighted by atomic mass is 10.1. The minimum atomic E-state index is -4.02. The van der Waals surface area contributed by atoms with Crippen LogP contribution in [0, 0.1) is 5.82 Å². The number of sulfonamides is 1. The van der Waals surface area contributed by atoms with Gasteiger partial charge in [-0.2, -0.15) is 0 Å². The van der Waals surface area contributed by atoms with Crippen molar-refractivity contribution in [3.8, 4) is 5.75 Å². The zero-order valence-corrected chi connectivity index (χ0v) is 15.3. The molecule has 9 heteroatoms. The fraction of sp³-hybridized carbons (Fsp3) is 0.278. The summed E-state index contributed by atoms with van der Waals surface area (Å²) in [6.07, 6.45) is 0.316. The summed E-state index contributed by atoms with van der Waals surface area (Å²) in [7, 11) is -2.70. The van der Waals surface area contributed by atoms with Crippen LogP contribution in [0.2, 0.25) is 0 Å². The van der Waals surface area contributed by atoms with Gasteiger partial charge in [-0.05, 0) is 36.8 Å². The summed E-state index contributed by atoms with van der Waals surface area (Å²) in [6, 6.07) is 9.75. The largest absolute Gasteiger partial charge is 0.495 e. The maximum Gasteiger partial charge on any atom is 0.247 e. The molecule has 2 aliphatic rings. The molecule has 2 N–H and O–H groups in total. The summed E-state index contributed by atoms with van der Waals surface area (Å²) in [5.41, 5.74) is 1.56. The number of amides is 1. The van der Waals surface area contributed by atoms with E-state index in [2.05, 4.69) is 10.0 Å². The molecule has 2 atom stereocenters. The van der Waals surface area contributed by atoms with Crippen molar-refractivity contribution in [1.82, 2.24) is 4.72 Å². The molecule has 2 unspecified atom stereocenters. The van der Waals surface area contributed by atoms with Crippen molar-refractivity contribution in [1.29, 1.82) is 0 Å². The minimum Gasteiger partial charge on any atom is -0.495 e. The van der Waals surface area contributed by atoms with E-state index in [4.69, 9.17) is 4.74 Å². The van der Waals surface area contributed by atoms with Gasteiger partial charge in [0.2, 0.25) is 15.9 Å². The quantitative estimate of drug-likeness (QED) is 0.829. The highest BCUT2D eigenvalue weighted by Gasteiger charge is 2.42. The number of hydrogen-bond donors (Lipinski definition) is 2. The smallest absolute Gasteiger partial charge is 0.247 e. The molecule has 4 rings (SSSR count). The first-order chi connectivity index (χ1) is 12.9. The molecule has 0 spiro atoms. The third-order valence-electron chi connectivity index (χ3n) is 4.81. The molecule has 2 aliphatic heterocycles. The number of halogens is 1. The van der Waals surface area contributed by atoms with E-state index in [0.717, 1.165) is 17.8 Å². The lowest BCUT2D eigenvalue weighted by Crippen LogP contribution is -2.44. The second kappa shape index (κ2) is 6.50. The van der Waals surface area contributed by atoms with Crippen LogP contribution in [0.4, 0.5) is 15.8 Å². The van der Waals surface area contributed by atoms with Crippen LogP contribution >= 0.6 is 0 Å². The van der Waals surface area contributed by atoms with Crippen LogP contribution in [0.1, 0.15) is 6.42 Å². The molecule has 0 radical (unpaired) electrons. The Hall–Kier alpha value is -2.65. The van der Waals surface area contributed by atoms with Crippen LogP contribution in [-0.2, 0) is 14.8 Å². The van der Waals surface area contributed by atoms with Crippen molar-refractivity contribution >= 4 is 27.3 Å². The van der Waals surface area contributed by atoms with Gasteiger partial charge in [-0.15, -0.1) is 0 Å². The van der Waals surface area contributed by atoms with Gasteiger partial charge in [0.1, 0.15) is 22.5 Å². The zero-order chi connectivity index (χ0) is 19.2. The number of methoxy groups -OCH3 is 1. The number of fused-ring (bicyclic) bond motifs is 3. The SMILES string of the molecule is COc1ccc(F)cc1S(=O)(=O)NC1CC2C(=O)Nc3ccccc3N2C1. The maximum atomic E-state index is 13.6. The van der Waals surface area contributed by atoms with Gasteiger partial charge in [0, 0.05) is 12.6 Å². The van der Waals surface area contributed by atoms with Crippen LogP contribution in [0.3, 0.4) is 0 Å². The molecule has 1 amide bonds. The molecule has 0 aliphatic carbocycles. The second-order valence-electron chi connectivity index (χ2n) is 6.52. The molecular weight excluding hydrogens is 373 g/mol. The maximum absolute atomic E-state index is 13.6. The number of hydrogen-bond acceptors (Lipinski definition) is 5. The number of nitrogens with one attached hydrogen (secondary N) is 2. The van der Waals surface area contributed by atoms with E-state index in [1.54, 1.807) is 6.07 Å². The van der Waals surface area contributed by atoms with Gasteiger partial charge in [-0.3, -0.25) is 4.79 Å². The average molecular weight is 391 g/mol. The van der Waals surface area contributed by atoms with Crippen LogP contribution in [0.5, 0.6) is 5.75 Å². The van der Waals surface area contributed by atoms with Gasteiger partial charge in [0.25, 0.3) is 0 Å². The summed E-state index contributed by atoms with van der Waals surface area (Å²) >= 11 is 0. The zero-order valence-electron chi connectivity index (χ0n) is 14.5. The molecule has 7 nitrogen and oxygen atoms in total. The Kier molecular flexibility index (Phi) is 4.27. The highest BCUT2D eigenvalue weighted by Crippen LogP contribution is 2.37. The van der Waals surface area contributed by atoms with E-state index in [1.807, 2.05) is 23.1 Å². The first kappa shape index (κ1) is 17.7. The third kappa shape index (κ3) is 3.13. The normalized spacial score (nSPS) is 21.4. The summed E-state index contributed by atoms with van der Waals surface area (Å²) in [4.78, 5) is 14.0. The molecule has 1 saturated heterocycles. The lowest BCUT2D eigenvalue weighted by molar-refractivity contribution is -0.117. The van der Waals surface area contributed by atoms with Gasteiger partial charge >= 0.3 is 0 Å². The number of ether oxygens (including phenoxy) is 1. The standard InChI is InChI=1S/C18H18FN3O4S/c1-26-16-7-6-11(19)8-17(16)27(24,25)21-12-9-15-18(23)20-13-4-2-3-5-14(13)22(15)10-12/h2-8,12,15,21H,9-10H2,1H3,(H,20,23). The van der Waals surface area contributed by atoms with Crippen LogP contribution in [-0.4, -0.2) is 40.1 Å². The van der Waals surface area contributed by atoms with Crippen molar-refractivity contribution in [2.45, 2.75) is 23.4 Å². The summed E-state index contributed by atoms with van der Waals surface area (Å²) in [5.74, 6) is -0.783. The molecule has 0 aromatic heterocycles. The Balaban J connectivity index is 1.60. The topological polar surface area (TPSA) is 87.7 Å². The molecule has 2 heterocycles. The lowest BCUT2D eigenvalue weighted by Gasteiger charge is -2.32. The molecule has 0 saturated carbocycles. The van der Waals surface area contributed by atoms with E-state index in [0.29, 0.717) is 18.7 Å². The number of carbonyl (C=O) groups excluding carboxylic acids is 1. The predicted octanol–water partition coefficient (Wildman–Crippen LogP) is 1.71. The van der Waals surface area contributed by atoms with E-state index >= 15 is 0 Å². The highest BCUT2D eigenvalue weighted by molar-refractivity contribution is 7.89. The molecule has 1 fully saturated rings. The fourth-order valence-corrected chi connectivity index (χ4v) is 5.05. The van der Waals surface area contributed by atoms with Gasteiger partial charge in [0.05, 0.1) is 18.5 Å². The number of benzene rings is 2. The monoisotopic (exact) mass is 391 g/mol. The Morgan fingerprint density at radius 1 is 1.26 bits per heavy atom. The van der Waals surface area contributed by atoms with Crippen molar-refractivity contribution in [3.05, 3.63) is 48.3 Å². The van der Waals surface area contributed by atoms with E-state index in [1.165, 1.54) is 13.2 Å². The first-order valence-electron chi connectivity index (χ1n) is 8.41. The van der Waals surface area contributed by atoms with E-state index < -0.39 is 27.9 Å².